The molecule has 0 aromatic carbocycles. The molecule has 11 N–H and O–H groups in total. The second-order valence-corrected chi connectivity index (χ2v) is 8.71. The Hall–Kier alpha value is -0.426. The van der Waals surface area contributed by atoms with E-state index in [1.165, 1.54) is 0 Å². The summed E-state index contributed by atoms with van der Waals surface area (Å²) in [5.41, 5.74) is 22.6. The van der Waals surface area contributed by atoms with Crippen LogP contribution in [0.5, 0.6) is 0 Å². The molecular formula is C17H41N12PY. The van der Waals surface area contributed by atoms with E-state index in [1.807, 2.05) is 6.66 Å². The van der Waals surface area contributed by atoms with Crippen molar-refractivity contribution in [2.75, 3.05) is 101 Å². The van der Waals surface area contributed by atoms with E-state index in [0.29, 0.717) is 57.1 Å². The molecule has 0 bridgehead atoms. The molecule has 1 heterocycles. The van der Waals surface area contributed by atoms with Gasteiger partial charge < -0.3 is 38.7 Å². The van der Waals surface area contributed by atoms with Gasteiger partial charge in [-0.25, -0.2) is 0 Å². The molecule has 0 amide bonds. The van der Waals surface area contributed by atoms with E-state index in [9.17, 15) is 0 Å². The Labute approximate surface area is 212 Å². The maximum absolute atomic E-state index is 5.66. The summed E-state index contributed by atoms with van der Waals surface area (Å²) in [4.78, 5) is 17.8. The van der Waals surface area contributed by atoms with Crippen LogP contribution in [0.2, 0.25) is 0 Å². The van der Waals surface area contributed by atoms with Gasteiger partial charge in [-0.1, -0.05) is 6.30 Å². The van der Waals surface area contributed by atoms with Crippen molar-refractivity contribution in [1.29, 1.82) is 0 Å². The van der Waals surface area contributed by atoms with E-state index >= 15 is 0 Å². The topological polar surface area (TPSA) is 185 Å². The van der Waals surface area contributed by atoms with Gasteiger partial charge in [0.15, 0.2) is 0 Å². The van der Waals surface area contributed by atoms with Crippen LogP contribution in [0.15, 0.2) is 0 Å². The van der Waals surface area contributed by atoms with Crippen molar-refractivity contribution in [1.82, 2.24) is 24.8 Å². The third kappa shape index (κ3) is 14.4. The zero-order chi connectivity index (χ0) is 22.2. The van der Waals surface area contributed by atoms with Crippen LogP contribution in [-0.2, 0) is 32.7 Å². The fourth-order valence-electron chi connectivity index (χ4n) is 2.83. The largest absolute Gasteiger partial charge is 0.353 e. The minimum atomic E-state index is -0.996. The number of nitrogens with one attached hydrogen (secondary N) is 3. The zero-order valence-corrected chi connectivity index (χ0v) is 22.7. The van der Waals surface area contributed by atoms with Crippen molar-refractivity contribution >= 4 is 31.8 Å². The first-order valence-electron chi connectivity index (χ1n) is 10.4. The maximum Gasteiger partial charge on any atom is 0.232 e. The Kier molecular flexibility index (Phi) is 18.8. The van der Waals surface area contributed by atoms with E-state index in [4.69, 9.17) is 22.9 Å². The monoisotopic (exact) mass is 533 g/mol. The molecule has 1 radical (unpaired) electrons. The Morgan fingerprint density at radius 3 is 1.39 bits per heavy atom. The molecule has 1 atom stereocenters. The third-order valence-corrected chi connectivity index (χ3v) is 4.81. The Morgan fingerprint density at radius 1 is 0.710 bits per heavy atom. The fourth-order valence-corrected chi connectivity index (χ4v) is 3.33. The predicted octanol–water partition coefficient (Wildman–Crippen LogP) is -2.27. The number of hydrogen-bond acceptors (Lipinski definition) is 12. The number of aromatic nitrogens is 3. The van der Waals surface area contributed by atoms with Gasteiger partial charge in [0.05, 0.1) is 0 Å². The zero-order valence-electron chi connectivity index (χ0n) is 18.8. The van der Waals surface area contributed by atoms with Gasteiger partial charge in [-0.3, -0.25) is 9.80 Å². The molecule has 0 spiro atoms. The van der Waals surface area contributed by atoms with Crippen LogP contribution in [0.3, 0.4) is 0 Å². The van der Waals surface area contributed by atoms with E-state index in [0.717, 1.165) is 39.3 Å². The molecule has 1 aromatic heterocycles. The van der Waals surface area contributed by atoms with Gasteiger partial charge in [-0.2, -0.15) is 15.0 Å². The Bertz CT molecular complexity index is 556. The van der Waals surface area contributed by atoms with Gasteiger partial charge in [-0.15, -0.1) is 0 Å². The van der Waals surface area contributed by atoms with Crippen LogP contribution in [0.4, 0.5) is 17.8 Å². The Morgan fingerprint density at radius 2 is 1.06 bits per heavy atom. The van der Waals surface area contributed by atoms with Crippen LogP contribution in [0, 0.1) is 0 Å². The summed E-state index contributed by atoms with van der Waals surface area (Å²) in [6, 6.07) is 0. The summed E-state index contributed by atoms with van der Waals surface area (Å²) >= 11 is 0. The molecule has 0 aliphatic rings. The number of nitrogens with two attached hydrogens (primary N) is 4. The SMILES string of the molecule is C=[PH](C)Nc1nc(NCCN(CCN)CCN)nc(NCCN(CCN)CCN)n1.[Y]. The van der Waals surface area contributed by atoms with Gasteiger partial charge in [0.2, 0.25) is 17.8 Å². The number of nitrogens with zero attached hydrogens (tertiary/aromatic N) is 5. The number of rotatable bonds is 18. The molecule has 14 heteroatoms. The molecular weight excluding hydrogens is 492 g/mol. The van der Waals surface area contributed by atoms with Crippen molar-refractivity contribution in [3.8, 4) is 0 Å². The van der Waals surface area contributed by atoms with E-state index in [1.54, 1.807) is 0 Å². The summed E-state index contributed by atoms with van der Waals surface area (Å²) in [7, 11) is -0.996. The van der Waals surface area contributed by atoms with Crippen LogP contribution < -0.4 is 38.7 Å². The molecule has 0 aliphatic heterocycles. The van der Waals surface area contributed by atoms with Gasteiger partial charge in [0, 0.05) is 111 Å². The summed E-state index contributed by atoms with van der Waals surface area (Å²) in [5, 5.41) is 9.76. The van der Waals surface area contributed by atoms with Crippen LogP contribution in [-0.4, -0.2) is 116 Å². The Balaban J connectivity index is 0.00000900. The third-order valence-electron chi connectivity index (χ3n) is 4.16. The van der Waals surface area contributed by atoms with Crippen LogP contribution >= 0.6 is 7.70 Å². The average Bonchev–Trinajstić information content (AvgIpc) is 2.68. The summed E-state index contributed by atoms with van der Waals surface area (Å²) in [6.45, 7) is 10.6. The van der Waals surface area contributed by atoms with Gasteiger partial charge in [-0.05, 0) is 14.4 Å². The van der Waals surface area contributed by atoms with Crippen molar-refractivity contribution in [3.63, 3.8) is 0 Å². The molecule has 0 saturated carbocycles. The molecule has 0 aliphatic carbocycles. The number of hydrogen-bond donors (Lipinski definition) is 7. The van der Waals surface area contributed by atoms with Crippen LogP contribution in [0.25, 0.3) is 0 Å². The van der Waals surface area contributed by atoms with E-state index in [-0.39, 0.29) is 32.7 Å². The predicted molar refractivity (Wildman–Crippen MR) is 131 cm³/mol. The number of anilines is 3. The average molecular weight is 533 g/mol. The first-order valence-corrected chi connectivity index (χ1v) is 12.6. The molecule has 1 aromatic rings. The molecule has 1 rings (SSSR count). The van der Waals surface area contributed by atoms with Crippen molar-refractivity contribution < 1.29 is 32.7 Å². The van der Waals surface area contributed by atoms with Crippen molar-refractivity contribution in [2.45, 2.75) is 0 Å². The smallest absolute Gasteiger partial charge is 0.232 e. The normalized spacial score (nSPS) is 12.0. The van der Waals surface area contributed by atoms with Gasteiger partial charge in [0.25, 0.3) is 0 Å². The van der Waals surface area contributed by atoms with E-state index < -0.39 is 7.70 Å². The molecule has 1 unspecified atom stereocenters. The first kappa shape index (κ1) is 30.6. The molecule has 31 heavy (non-hydrogen) atoms. The standard InChI is InChI=1S/C17H41N12P.Y/c1-30(2)27-17-25-15(22-7-13-28(9-3-18)10-4-19)24-16(26-17)23-8-14-29(11-5-20)12-6-21;/h30H,1,3-14,18-21H2,2H3,(H3,22,23,24,25,26,27);. The fraction of sp³-hybridized carbons (Fsp3) is 0.765. The second kappa shape index (κ2) is 19.1. The first-order chi connectivity index (χ1) is 14.5. The van der Waals surface area contributed by atoms with Crippen molar-refractivity contribution in [2.24, 2.45) is 22.9 Å². The van der Waals surface area contributed by atoms with E-state index in [2.05, 4.69) is 46.8 Å². The quantitative estimate of drug-likeness (QED) is 0.101. The van der Waals surface area contributed by atoms with Gasteiger partial charge >= 0.3 is 0 Å². The maximum atomic E-state index is 5.66. The van der Waals surface area contributed by atoms with Crippen molar-refractivity contribution in [3.05, 3.63) is 0 Å². The molecule has 177 valence electrons. The molecule has 12 nitrogen and oxygen atoms in total. The molecule has 0 fully saturated rings. The summed E-state index contributed by atoms with van der Waals surface area (Å²) in [6.07, 6.45) is 4.03. The van der Waals surface area contributed by atoms with Gasteiger partial charge in [0.1, 0.15) is 0 Å². The summed E-state index contributed by atoms with van der Waals surface area (Å²) < 4.78 is 0. The second-order valence-electron chi connectivity index (χ2n) is 6.90. The summed E-state index contributed by atoms with van der Waals surface area (Å²) in [5.74, 6) is 1.54. The molecule has 0 saturated heterocycles. The minimum absolute atomic E-state index is 0. The minimum Gasteiger partial charge on any atom is -0.353 e. The van der Waals surface area contributed by atoms with Crippen LogP contribution in [0.1, 0.15) is 0 Å².